The topological polar surface area (TPSA) is 12.0 Å². The van der Waals surface area contributed by atoms with Gasteiger partial charge in [-0.2, -0.15) is 0 Å². The standard InChI is InChI=1S/C13H10Cl2FN/c14-10-5-6-12(16)9(7-10)8-17-13-4-2-1-3-11(13)15/h1-7,17H,8H2. The maximum Gasteiger partial charge on any atom is 0.128 e. The van der Waals surface area contributed by atoms with Gasteiger partial charge in [0.15, 0.2) is 0 Å². The number of rotatable bonds is 3. The van der Waals surface area contributed by atoms with Crippen molar-refractivity contribution in [3.8, 4) is 0 Å². The minimum atomic E-state index is -0.283. The number of anilines is 1. The van der Waals surface area contributed by atoms with Crippen LogP contribution in [-0.4, -0.2) is 0 Å². The minimum absolute atomic E-state index is 0.283. The highest BCUT2D eigenvalue weighted by atomic mass is 35.5. The minimum Gasteiger partial charge on any atom is -0.380 e. The fourth-order valence-corrected chi connectivity index (χ4v) is 1.87. The molecule has 0 aliphatic rings. The molecule has 0 atom stereocenters. The molecule has 0 heterocycles. The second-order valence-corrected chi connectivity index (χ2v) is 4.41. The summed E-state index contributed by atoms with van der Waals surface area (Å²) in [5.74, 6) is -0.283. The summed E-state index contributed by atoms with van der Waals surface area (Å²) in [6.07, 6.45) is 0. The lowest BCUT2D eigenvalue weighted by Gasteiger charge is -2.09. The number of halogens is 3. The van der Waals surface area contributed by atoms with Gasteiger partial charge in [-0.25, -0.2) is 4.39 Å². The smallest absolute Gasteiger partial charge is 0.128 e. The van der Waals surface area contributed by atoms with Gasteiger partial charge in [-0.3, -0.25) is 0 Å². The number of hydrogen-bond acceptors (Lipinski definition) is 1. The van der Waals surface area contributed by atoms with Gasteiger partial charge in [0.2, 0.25) is 0 Å². The molecule has 0 bridgehead atoms. The number of nitrogens with one attached hydrogen (secondary N) is 1. The molecule has 0 aliphatic heterocycles. The van der Waals surface area contributed by atoms with E-state index in [1.807, 2.05) is 18.2 Å². The lowest BCUT2D eigenvalue weighted by molar-refractivity contribution is 0.613. The molecule has 0 unspecified atom stereocenters. The average molecular weight is 270 g/mol. The van der Waals surface area contributed by atoms with Gasteiger partial charge in [-0.05, 0) is 30.3 Å². The summed E-state index contributed by atoms with van der Waals surface area (Å²) >= 11 is 11.8. The zero-order valence-electron chi connectivity index (χ0n) is 8.88. The molecule has 88 valence electrons. The Morgan fingerprint density at radius 1 is 1.06 bits per heavy atom. The molecule has 1 nitrogen and oxygen atoms in total. The van der Waals surface area contributed by atoms with Crippen LogP contribution in [0.25, 0.3) is 0 Å². The molecule has 0 aliphatic carbocycles. The van der Waals surface area contributed by atoms with Gasteiger partial charge in [-0.15, -0.1) is 0 Å². The summed E-state index contributed by atoms with van der Waals surface area (Å²) in [4.78, 5) is 0. The molecule has 0 radical (unpaired) electrons. The third-order valence-corrected chi connectivity index (χ3v) is 2.92. The van der Waals surface area contributed by atoms with E-state index >= 15 is 0 Å². The van der Waals surface area contributed by atoms with Gasteiger partial charge in [0, 0.05) is 17.1 Å². The second kappa shape index (κ2) is 5.39. The molecule has 2 aromatic carbocycles. The molecular weight excluding hydrogens is 260 g/mol. The number of benzene rings is 2. The molecule has 0 saturated heterocycles. The van der Waals surface area contributed by atoms with E-state index in [4.69, 9.17) is 23.2 Å². The first-order valence-corrected chi connectivity index (χ1v) is 5.85. The van der Waals surface area contributed by atoms with Crippen LogP contribution in [0.3, 0.4) is 0 Å². The Bertz CT molecular complexity index is 529. The van der Waals surface area contributed by atoms with Gasteiger partial charge < -0.3 is 5.32 Å². The molecule has 0 fully saturated rings. The molecule has 17 heavy (non-hydrogen) atoms. The molecule has 2 rings (SSSR count). The third kappa shape index (κ3) is 3.11. The van der Waals surface area contributed by atoms with Gasteiger partial charge in [0.25, 0.3) is 0 Å². The average Bonchev–Trinajstić information content (AvgIpc) is 2.32. The first-order valence-electron chi connectivity index (χ1n) is 5.09. The zero-order chi connectivity index (χ0) is 12.3. The van der Waals surface area contributed by atoms with Crippen LogP contribution in [0, 0.1) is 5.82 Å². The first-order chi connectivity index (χ1) is 8.16. The van der Waals surface area contributed by atoms with Crippen LogP contribution in [0.15, 0.2) is 42.5 Å². The Morgan fingerprint density at radius 3 is 2.59 bits per heavy atom. The zero-order valence-corrected chi connectivity index (χ0v) is 10.4. The van der Waals surface area contributed by atoms with E-state index in [2.05, 4.69) is 5.32 Å². The van der Waals surface area contributed by atoms with Gasteiger partial charge in [0.1, 0.15) is 5.82 Å². The van der Waals surface area contributed by atoms with Crippen LogP contribution < -0.4 is 5.32 Å². The van der Waals surface area contributed by atoms with Crippen LogP contribution in [-0.2, 0) is 6.54 Å². The van der Waals surface area contributed by atoms with Crippen LogP contribution in [0.1, 0.15) is 5.56 Å². The molecule has 0 spiro atoms. The summed E-state index contributed by atoms with van der Waals surface area (Å²) in [7, 11) is 0. The number of para-hydroxylation sites is 1. The van der Waals surface area contributed by atoms with E-state index in [1.165, 1.54) is 12.1 Å². The van der Waals surface area contributed by atoms with Crippen molar-refractivity contribution in [3.05, 3.63) is 63.9 Å². The summed E-state index contributed by atoms with van der Waals surface area (Å²) in [5.41, 5.74) is 1.28. The molecular formula is C13H10Cl2FN. The fourth-order valence-electron chi connectivity index (χ4n) is 1.47. The van der Waals surface area contributed by atoms with E-state index < -0.39 is 0 Å². The molecule has 0 saturated carbocycles. The summed E-state index contributed by atoms with van der Waals surface area (Å²) in [6.45, 7) is 0.343. The largest absolute Gasteiger partial charge is 0.380 e. The highest BCUT2D eigenvalue weighted by Gasteiger charge is 2.04. The quantitative estimate of drug-likeness (QED) is 0.849. The Balaban J connectivity index is 2.12. The SMILES string of the molecule is Fc1ccc(Cl)cc1CNc1ccccc1Cl. The molecule has 4 heteroatoms. The highest BCUT2D eigenvalue weighted by molar-refractivity contribution is 6.33. The van der Waals surface area contributed by atoms with E-state index in [1.54, 1.807) is 12.1 Å². The second-order valence-electron chi connectivity index (χ2n) is 3.57. The Morgan fingerprint density at radius 2 is 1.82 bits per heavy atom. The Labute approximate surface area is 109 Å². The van der Waals surface area contributed by atoms with Crippen molar-refractivity contribution in [2.24, 2.45) is 0 Å². The third-order valence-electron chi connectivity index (χ3n) is 2.35. The number of hydrogen-bond donors (Lipinski definition) is 1. The van der Waals surface area contributed by atoms with Gasteiger partial charge in [0.05, 0.1) is 10.7 Å². The maximum absolute atomic E-state index is 13.4. The van der Waals surface area contributed by atoms with Crippen molar-refractivity contribution in [2.45, 2.75) is 6.54 Å². The molecule has 0 aromatic heterocycles. The molecule has 0 amide bonds. The van der Waals surface area contributed by atoms with Crippen LogP contribution >= 0.6 is 23.2 Å². The summed E-state index contributed by atoms with van der Waals surface area (Å²) in [6, 6.07) is 11.8. The van der Waals surface area contributed by atoms with Gasteiger partial charge >= 0.3 is 0 Å². The van der Waals surface area contributed by atoms with Crippen molar-refractivity contribution >= 4 is 28.9 Å². The monoisotopic (exact) mass is 269 g/mol. The molecule has 1 N–H and O–H groups in total. The summed E-state index contributed by atoms with van der Waals surface area (Å²) in [5, 5.41) is 4.19. The van der Waals surface area contributed by atoms with E-state index in [-0.39, 0.29) is 5.82 Å². The maximum atomic E-state index is 13.4. The van der Waals surface area contributed by atoms with E-state index in [0.29, 0.717) is 22.2 Å². The predicted molar refractivity (Wildman–Crippen MR) is 70.2 cm³/mol. The van der Waals surface area contributed by atoms with Crippen molar-refractivity contribution in [1.82, 2.24) is 0 Å². The van der Waals surface area contributed by atoms with E-state index in [9.17, 15) is 4.39 Å². The van der Waals surface area contributed by atoms with Crippen molar-refractivity contribution in [2.75, 3.05) is 5.32 Å². The van der Waals surface area contributed by atoms with Crippen molar-refractivity contribution in [3.63, 3.8) is 0 Å². The van der Waals surface area contributed by atoms with Crippen LogP contribution in [0.5, 0.6) is 0 Å². The van der Waals surface area contributed by atoms with Crippen LogP contribution in [0.4, 0.5) is 10.1 Å². The Kier molecular flexibility index (Phi) is 3.87. The molecule has 2 aromatic rings. The van der Waals surface area contributed by atoms with Crippen LogP contribution in [0.2, 0.25) is 10.0 Å². The normalized spacial score (nSPS) is 10.3. The van der Waals surface area contributed by atoms with Crippen molar-refractivity contribution < 1.29 is 4.39 Å². The van der Waals surface area contributed by atoms with Crippen molar-refractivity contribution in [1.29, 1.82) is 0 Å². The summed E-state index contributed by atoms with van der Waals surface area (Å²) < 4.78 is 13.4. The van der Waals surface area contributed by atoms with E-state index in [0.717, 1.165) is 5.69 Å². The highest BCUT2D eigenvalue weighted by Crippen LogP contribution is 2.22. The lowest BCUT2D eigenvalue weighted by Crippen LogP contribution is -2.02. The predicted octanol–water partition coefficient (Wildman–Crippen LogP) is 4.74. The lowest BCUT2D eigenvalue weighted by atomic mass is 10.2. The fraction of sp³-hybridized carbons (Fsp3) is 0.0769. The first kappa shape index (κ1) is 12.2. The Hall–Kier alpha value is -1.25. The van der Waals surface area contributed by atoms with Gasteiger partial charge in [-0.1, -0.05) is 35.3 Å².